The molecule has 3 heterocycles. The molecule has 18 heavy (non-hydrogen) atoms. The molecule has 1 aromatic rings. The molecule has 2 atom stereocenters. The number of rotatable bonds is 2. The third kappa shape index (κ3) is 2.72. The standard InChI is InChI=1S/C13H21N3O2/c1-2-6-10(14-8-4-1)12-15-13(18-16-12)11-7-3-5-9-17-11/h10-11,14H,1-9H2. The number of nitrogens with zero attached hydrogens (tertiary/aromatic N) is 2. The van der Waals surface area contributed by atoms with Crippen LogP contribution in [0.25, 0.3) is 0 Å². The number of hydrogen-bond acceptors (Lipinski definition) is 5. The summed E-state index contributed by atoms with van der Waals surface area (Å²) in [5, 5.41) is 7.62. The first kappa shape index (κ1) is 12.1. The van der Waals surface area contributed by atoms with E-state index in [0.717, 1.165) is 38.2 Å². The molecule has 0 aliphatic carbocycles. The lowest BCUT2D eigenvalue weighted by molar-refractivity contribution is -0.00459. The lowest BCUT2D eigenvalue weighted by atomic mass is 10.1. The molecule has 2 unspecified atom stereocenters. The van der Waals surface area contributed by atoms with Gasteiger partial charge in [-0.05, 0) is 38.6 Å². The molecule has 100 valence electrons. The van der Waals surface area contributed by atoms with Gasteiger partial charge in [-0.15, -0.1) is 0 Å². The first-order valence-corrected chi connectivity index (χ1v) is 7.12. The number of hydrogen-bond donors (Lipinski definition) is 1. The van der Waals surface area contributed by atoms with Gasteiger partial charge < -0.3 is 14.6 Å². The van der Waals surface area contributed by atoms with Crippen molar-refractivity contribution < 1.29 is 9.26 Å². The monoisotopic (exact) mass is 251 g/mol. The topological polar surface area (TPSA) is 60.2 Å². The lowest BCUT2D eigenvalue weighted by Crippen LogP contribution is -2.21. The SMILES string of the molecule is C1CCNC(c2noc(C3CCCCO3)n2)CC1. The van der Waals surface area contributed by atoms with Crippen molar-refractivity contribution in [3.05, 3.63) is 11.7 Å². The van der Waals surface area contributed by atoms with E-state index >= 15 is 0 Å². The minimum atomic E-state index is 0.0192. The van der Waals surface area contributed by atoms with Gasteiger partial charge in [0.15, 0.2) is 5.82 Å². The molecule has 0 amide bonds. The molecule has 5 nitrogen and oxygen atoms in total. The Morgan fingerprint density at radius 1 is 1.06 bits per heavy atom. The van der Waals surface area contributed by atoms with Crippen LogP contribution >= 0.6 is 0 Å². The molecular formula is C13H21N3O2. The number of ether oxygens (including phenoxy) is 1. The van der Waals surface area contributed by atoms with Gasteiger partial charge in [0.05, 0.1) is 6.04 Å². The van der Waals surface area contributed by atoms with Gasteiger partial charge >= 0.3 is 0 Å². The zero-order chi connectivity index (χ0) is 12.2. The summed E-state index contributed by atoms with van der Waals surface area (Å²) in [5.41, 5.74) is 0. The Kier molecular flexibility index (Phi) is 3.90. The molecule has 0 spiro atoms. The molecular weight excluding hydrogens is 230 g/mol. The summed E-state index contributed by atoms with van der Waals surface area (Å²) in [4.78, 5) is 4.53. The largest absolute Gasteiger partial charge is 0.368 e. The molecule has 0 saturated carbocycles. The van der Waals surface area contributed by atoms with E-state index in [0.29, 0.717) is 5.89 Å². The quantitative estimate of drug-likeness (QED) is 0.875. The van der Waals surface area contributed by atoms with Crippen molar-refractivity contribution in [1.82, 2.24) is 15.5 Å². The van der Waals surface area contributed by atoms with Crippen molar-refractivity contribution in [2.24, 2.45) is 0 Å². The van der Waals surface area contributed by atoms with Crippen LogP contribution in [0, 0.1) is 0 Å². The highest BCUT2D eigenvalue weighted by molar-refractivity contribution is 4.97. The van der Waals surface area contributed by atoms with Gasteiger partial charge in [0.25, 0.3) is 5.89 Å². The zero-order valence-corrected chi connectivity index (χ0v) is 10.7. The van der Waals surface area contributed by atoms with E-state index in [2.05, 4.69) is 15.5 Å². The maximum atomic E-state index is 5.67. The van der Waals surface area contributed by atoms with Crippen LogP contribution in [0.2, 0.25) is 0 Å². The summed E-state index contributed by atoms with van der Waals surface area (Å²) in [6, 6.07) is 0.258. The summed E-state index contributed by atoms with van der Waals surface area (Å²) in [5.74, 6) is 1.47. The van der Waals surface area contributed by atoms with Crippen molar-refractivity contribution in [3.8, 4) is 0 Å². The second-order valence-electron chi connectivity index (χ2n) is 5.20. The van der Waals surface area contributed by atoms with Crippen LogP contribution in [0.15, 0.2) is 4.52 Å². The second-order valence-corrected chi connectivity index (χ2v) is 5.20. The first-order valence-electron chi connectivity index (χ1n) is 7.12. The first-order chi connectivity index (χ1) is 8.93. The van der Waals surface area contributed by atoms with Crippen molar-refractivity contribution >= 4 is 0 Å². The highest BCUT2D eigenvalue weighted by Crippen LogP contribution is 2.28. The van der Waals surface area contributed by atoms with E-state index in [-0.39, 0.29) is 12.1 Å². The molecule has 0 aromatic carbocycles. The summed E-state index contributed by atoms with van der Waals surface area (Å²) in [7, 11) is 0. The van der Waals surface area contributed by atoms with Crippen LogP contribution in [0.4, 0.5) is 0 Å². The average Bonchev–Trinajstić information content (AvgIpc) is 2.76. The van der Waals surface area contributed by atoms with Gasteiger partial charge in [-0.1, -0.05) is 18.0 Å². The van der Waals surface area contributed by atoms with E-state index in [1.807, 2.05) is 0 Å². The van der Waals surface area contributed by atoms with E-state index in [1.54, 1.807) is 0 Å². The molecule has 1 N–H and O–H groups in total. The fourth-order valence-corrected chi connectivity index (χ4v) is 2.70. The van der Waals surface area contributed by atoms with Gasteiger partial charge in [0.1, 0.15) is 6.10 Å². The average molecular weight is 251 g/mol. The molecule has 2 saturated heterocycles. The maximum Gasteiger partial charge on any atom is 0.255 e. The molecule has 2 aliphatic rings. The minimum Gasteiger partial charge on any atom is -0.368 e. The lowest BCUT2D eigenvalue weighted by Gasteiger charge is -2.18. The summed E-state index contributed by atoms with van der Waals surface area (Å²) in [6.45, 7) is 1.86. The normalized spacial score (nSPS) is 30.0. The van der Waals surface area contributed by atoms with Crippen LogP contribution in [0.5, 0.6) is 0 Å². The van der Waals surface area contributed by atoms with E-state index in [9.17, 15) is 0 Å². The van der Waals surface area contributed by atoms with Gasteiger partial charge in [-0.2, -0.15) is 4.98 Å². The van der Waals surface area contributed by atoms with Crippen LogP contribution in [0.1, 0.15) is 68.8 Å². The van der Waals surface area contributed by atoms with Crippen LogP contribution in [-0.4, -0.2) is 23.3 Å². The Morgan fingerprint density at radius 2 is 2.00 bits per heavy atom. The highest BCUT2D eigenvalue weighted by atomic mass is 16.5. The van der Waals surface area contributed by atoms with Gasteiger partial charge in [-0.25, -0.2) is 0 Å². The minimum absolute atomic E-state index is 0.0192. The number of nitrogens with one attached hydrogen (secondary N) is 1. The third-order valence-corrected chi connectivity index (χ3v) is 3.78. The Bertz CT molecular complexity index is 366. The van der Waals surface area contributed by atoms with Crippen LogP contribution in [-0.2, 0) is 4.74 Å². The smallest absolute Gasteiger partial charge is 0.255 e. The highest BCUT2D eigenvalue weighted by Gasteiger charge is 2.25. The molecule has 0 radical (unpaired) electrons. The molecule has 2 fully saturated rings. The molecule has 0 bridgehead atoms. The van der Waals surface area contributed by atoms with Crippen molar-refractivity contribution in [1.29, 1.82) is 0 Å². The van der Waals surface area contributed by atoms with Crippen molar-refractivity contribution in [3.63, 3.8) is 0 Å². The summed E-state index contributed by atoms with van der Waals surface area (Å²) in [6.07, 6.45) is 8.22. The van der Waals surface area contributed by atoms with Crippen LogP contribution < -0.4 is 5.32 Å². The Hall–Kier alpha value is -0.940. The van der Waals surface area contributed by atoms with E-state index in [1.165, 1.54) is 25.7 Å². The number of aromatic nitrogens is 2. The molecule has 1 aromatic heterocycles. The Morgan fingerprint density at radius 3 is 2.89 bits per heavy atom. The Labute approximate surface area is 107 Å². The van der Waals surface area contributed by atoms with Crippen molar-refractivity contribution in [2.75, 3.05) is 13.2 Å². The third-order valence-electron chi connectivity index (χ3n) is 3.78. The molecule has 2 aliphatic heterocycles. The van der Waals surface area contributed by atoms with E-state index in [4.69, 9.17) is 9.26 Å². The molecule has 5 heteroatoms. The second kappa shape index (κ2) is 5.80. The summed E-state index contributed by atoms with van der Waals surface area (Å²) < 4.78 is 11.0. The fraction of sp³-hybridized carbons (Fsp3) is 0.846. The van der Waals surface area contributed by atoms with Crippen molar-refractivity contribution in [2.45, 2.75) is 57.1 Å². The molecule has 3 rings (SSSR count). The predicted octanol–water partition coefficient (Wildman–Crippen LogP) is 2.52. The van der Waals surface area contributed by atoms with Gasteiger partial charge in [0, 0.05) is 6.61 Å². The van der Waals surface area contributed by atoms with Crippen LogP contribution in [0.3, 0.4) is 0 Å². The van der Waals surface area contributed by atoms with Gasteiger partial charge in [0.2, 0.25) is 0 Å². The Balaban J connectivity index is 1.67. The zero-order valence-electron chi connectivity index (χ0n) is 10.7. The fourth-order valence-electron chi connectivity index (χ4n) is 2.70. The predicted molar refractivity (Wildman–Crippen MR) is 66.1 cm³/mol. The van der Waals surface area contributed by atoms with Gasteiger partial charge in [-0.3, -0.25) is 0 Å². The summed E-state index contributed by atoms with van der Waals surface area (Å²) >= 11 is 0. The maximum absolute atomic E-state index is 5.67. The van der Waals surface area contributed by atoms with E-state index < -0.39 is 0 Å².